The van der Waals surface area contributed by atoms with Gasteiger partial charge in [-0.05, 0) is 55.0 Å². The van der Waals surface area contributed by atoms with E-state index in [-0.39, 0.29) is 23.2 Å². The number of carbonyl (C=O) groups is 2. The summed E-state index contributed by atoms with van der Waals surface area (Å²) in [5.41, 5.74) is 4.02. The number of rotatable bonds is 6. The Hall–Kier alpha value is -3.92. The summed E-state index contributed by atoms with van der Waals surface area (Å²) < 4.78 is 38.8. The quantitative estimate of drug-likeness (QED) is 0.501. The topological polar surface area (TPSA) is 98.8 Å². The lowest BCUT2D eigenvalue weighted by atomic mass is 10.1. The Kier molecular flexibility index (Phi) is 7.07. The molecule has 2 N–H and O–H groups in total. The average molecular weight is 537 g/mol. The fourth-order valence-electron chi connectivity index (χ4n) is 4.87. The highest BCUT2D eigenvalue weighted by atomic mass is 32.2. The summed E-state index contributed by atoms with van der Waals surface area (Å²) in [5.74, 6) is -1.38. The second-order valence-corrected chi connectivity index (χ2v) is 11.9. The Morgan fingerprint density at radius 2 is 1.71 bits per heavy atom. The molecule has 1 fully saturated rings. The van der Waals surface area contributed by atoms with Crippen molar-refractivity contribution >= 4 is 38.7 Å². The maximum atomic E-state index is 13.2. The van der Waals surface area contributed by atoms with Crippen molar-refractivity contribution in [3.63, 3.8) is 0 Å². The number of nitrogens with one attached hydrogen (secondary N) is 2. The Morgan fingerprint density at radius 3 is 2.42 bits per heavy atom. The Labute approximate surface area is 221 Å². The zero-order valence-electron chi connectivity index (χ0n) is 21.0. The van der Waals surface area contributed by atoms with Gasteiger partial charge in [0.05, 0.1) is 22.9 Å². The van der Waals surface area contributed by atoms with Crippen LogP contribution in [0.25, 0.3) is 0 Å². The van der Waals surface area contributed by atoms with Crippen LogP contribution in [0.4, 0.5) is 21.5 Å². The van der Waals surface area contributed by atoms with Gasteiger partial charge in [0.2, 0.25) is 5.91 Å². The van der Waals surface area contributed by atoms with E-state index in [9.17, 15) is 22.4 Å². The van der Waals surface area contributed by atoms with E-state index < -0.39 is 21.8 Å². The number of hydrogen-bond acceptors (Lipinski definition) is 6. The lowest BCUT2D eigenvalue weighted by Gasteiger charge is -2.36. The van der Waals surface area contributed by atoms with Crippen LogP contribution >= 0.6 is 0 Å². The first-order valence-electron chi connectivity index (χ1n) is 12.4. The number of halogens is 1. The second kappa shape index (κ2) is 10.4. The average Bonchev–Trinajstić information content (AvgIpc) is 2.88. The van der Waals surface area contributed by atoms with Crippen LogP contribution in [0.2, 0.25) is 0 Å². The molecule has 0 unspecified atom stereocenters. The van der Waals surface area contributed by atoms with Crippen molar-refractivity contribution in [3.8, 4) is 0 Å². The number of carbonyl (C=O) groups excluding carboxylic acids is 2. The number of amides is 2. The molecule has 0 aliphatic carbocycles. The van der Waals surface area contributed by atoms with Crippen LogP contribution in [-0.4, -0.2) is 63.1 Å². The van der Waals surface area contributed by atoms with Crippen molar-refractivity contribution in [3.05, 3.63) is 89.2 Å². The summed E-state index contributed by atoms with van der Waals surface area (Å²) in [6, 6.07) is 17.7. The highest BCUT2D eigenvalue weighted by Gasteiger charge is 2.31. The number of nitrogens with zero attached hydrogens (tertiary/aromatic N) is 2. The lowest BCUT2D eigenvalue weighted by molar-refractivity contribution is -0.116. The molecule has 3 aromatic rings. The number of aryl methyl sites for hydroxylation is 1. The monoisotopic (exact) mass is 536 g/mol. The first kappa shape index (κ1) is 25.7. The zero-order chi connectivity index (χ0) is 26.9. The van der Waals surface area contributed by atoms with Crippen LogP contribution in [0, 0.1) is 12.7 Å². The van der Waals surface area contributed by atoms with E-state index in [0.717, 1.165) is 11.3 Å². The fourth-order valence-corrected chi connectivity index (χ4v) is 6.42. The molecule has 2 heterocycles. The van der Waals surface area contributed by atoms with Gasteiger partial charge in [-0.2, -0.15) is 0 Å². The summed E-state index contributed by atoms with van der Waals surface area (Å²) in [6.07, 6.45) is 0. The number of sulfone groups is 1. The molecule has 2 aliphatic rings. The molecule has 0 bridgehead atoms. The third kappa shape index (κ3) is 5.80. The van der Waals surface area contributed by atoms with Crippen molar-refractivity contribution in [1.82, 2.24) is 4.90 Å². The van der Waals surface area contributed by atoms with E-state index in [4.69, 9.17) is 0 Å². The van der Waals surface area contributed by atoms with E-state index in [0.29, 0.717) is 48.7 Å². The standard InChI is InChI=1S/C28H29FN4O4S/c1-19-3-2-4-20(15-19)17-38(36,37)18-26-27(34)31-25-16-21(5-10-24(25)30-26)28(35)33-13-11-32(12-14-33)23-8-6-22(29)7-9-23/h2-10,15-16,26,30H,11-14,17-18H2,1H3,(H,31,34)/t26-/m1/s1. The van der Waals surface area contributed by atoms with Crippen LogP contribution in [0.15, 0.2) is 66.7 Å². The van der Waals surface area contributed by atoms with E-state index in [1.165, 1.54) is 12.1 Å². The molecule has 198 valence electrons. The van der Waals surface area contributed by atoms with Gasteiger partial charge in [0.15, 0.2) is 9.84 Å². The van der Waals surface area contributed by atoms with Gasteiger partial charge >= 0.3 is 0 Å². The van der Waals surface area contributed by atoms with Crippen LogP contribution in [-0.2, 0) is 20.4 Å². The Bertz CT molecular complexity index is 1470. The maximum Gasteiger partial charge on any atom is 0.254 e. The minimum Gasteiger partial charge on any atom is -0.371 e. The molecule has 8 nitrogen and oxygen atoms in total. The van der Waals surface area contributed by atoms with Crippen molar-refractivity contribution in [2.75, 3.05) is 47.5 Å². The van der Waals surface area contributed by atoms with E-state index in [1.54, 1.807) is 41.3 Å². The Balaban J connectivity index is 1.21. The summed E-state index contributed by atoms with van der Waals surface area (Å²) in [6.45, 7) is 4.17. The number of hydrogen-bond donors (Lipinski definition) is 2. The van der Waals surface area contributed by atoms with Gasteiger partial charge in [-0.15, -0.1) is 0 Å². The largest absolute Gasteiger partial charge is 0.371 e. The maximum absolute atomic E-state index is 13.2. The zero-order valence-corrected chi connectivity index (χ0v) is 21.8. The molecule has 0 saturated carbocycles. The van der Waals surface area contributed by atoms with Crippen LogP contribution in [0.3, 0.4) is 0 Å². The molecule has 2 amide bonds. The van der Waals surface area contributed by atoms with Crippen molar-refractivity contribution in [2.45, 2.75) is 18.7 Å². The minimum atomic E-state index is -3.56. The number of anilines is 3. The molecule has 5 rings (SSSR count). The number of benzene rings is 3. The molecule has 2 aliphatic heterocycles. The molecular weight excluding hydrogens is 507 g/mol. The highest BCUT2D eigenvalue weighted by Crippen LogP contribution is 2.29. The molecule has 38 heavy (non-hydrogen) atoms. The SMILES string of the molecule is Cc1cccc(CS(=O)(=O)C[C@H]2Nc3ccc(C(=O)N4CCN(c5ccc(F)cc5)CC4)cc3NC2=O)c1. The highest BCUT2D eigenvalue weighted by molar-refractivity contribution is 7.90. The molecule has 3 aromatic carbocycles. The number of fused-ring (bicyclic) bond motifs is 1. The summed E-state index contributed by atoms with van der Waals surface area (Å²) >= 11 is 0. The van der Waals surface area contributed by atoms with Crippen molar-refractivity contribution < 1.29 is 22.4 Å². The first-order valence-corrected chi connectivity index (χ1v) is 14.3. The van der Waals surface area contributed by atoms with E-state index in [2.05, 4.69) is 15.5 Å². The predicted octanol–water partition coefficient (Wildman–Crippen LogP) is 3.44. The van der Waals surface area contributed by atoms with Gasteiger partial charge in [-0.1, -0.05) is 29.8 Å². The van der Waals surface area contributed by atoms with Gasteiger partial charge in [0.25, 0.3) is 5.91 Å². The van der Waals surface area contributed by atoms with Crippen LogP contribution < -0.4 is 15.5 Å². The van der Waals surface area contributed by atoms with Gasteiger partial charge in [0.1, 0.15) is 11.9 Å². The predicted molar refractivity (Wildman–Crippen MR) is 146 cm³/mol. The van der Waals surface area contributed by atoms with Crippen LogP contribution in [0.5, 0.6) is 0 Å². The molecule has 0 spiro atoms. The van der Waals surface area contributed by atoms with Crippen molar-refractivity contribution in [2.24, 2.45) is 0 Å². The van der Waals surface area contributed by atoms with E-state index >= 15 is 0 Å². The molecule has 1 atom stereocenters. The summed E-state index contributed by atoms with van der Waals surface area (Å²) in [7, 11) is -3.56. The van der Waals surface area contributed by atoms with Crippen LogP contribution in [0.1, 0.15) is 21.5 Å². The van der Waals surface area contributed by atoms with E-state index in [1.807, 2.05) is 25.1 Å². The smallest absolute Gasteiger partial charge is 0.254 e. The molecule has 10 heteroatoms. The minimum absolute atomic E-state index is 0.144. The van der Waals surface area contributed by atoms with Gasteiger partial charge in [-0.25, -0.2) is 12.8 Å². The lowest BCUT2D eigenvalue weighted by Crippen LogP contribution is -2.49. The summed E-state index contributed by atoms with van der Waals surface area (Å²) in [5, 5.41) is 5.79. The summed E-state index contributed by atoms with van der Waals surface area (Å²) in [4.78, 5) is 29.8. The normalized spacial score (nSPS) is 17.4. The molecule has 0 radical (unpaired) electrons. The second-order valence-electron chi connectivity index (χ2n) is 9.75. The van der Waals surface area contributed by atoms with Gasteiger partial charge in [0, 0.05) is 37.4 Å². The molecule has 0 aromatic heterocycles. The van der Waals surface area contributed by atoms with Gasteiger partial charge in [-0.3, -0.25) is 9.59 Å². The third-order valence-electron chi connectivity index (χ3n) is 6.82. The fraction of sp³-hybridized carbons (Fsp3) is 0.286. The van der Waals surface area contributed by atoms with Gasteiger partial charge < -0.3 is 20.4 Å². The van der Waals surface area contributed by atoms with Crippen molar-refractivity contribution in [1.29, 1.82) is 0 Å². The number of piperazine rings is 1. The third-order valence-corrected chi connectivity index (χ3v) is 8.43. The molecular formula is C28H29FN4O4S. The first-order chi connectivity index (χ1) is 18.2. The molecule has 1 saturated heterocycles. The Morgan fingerprint density at radius 1 is 0.974 bits per heavy atom.